The van der Waals surface area contributed by atoms with Gasteiger partial charge < -0.3 is 20.7 Å². The van der Waals surface area contributed by atoms with E-state index in [9.17, 15) is 18.8 Å². The summed E-state index contributed by atoms with van der Waals surface area (Å²) >= 11 is 5.88. The highest BCUT2D eigenvalue weighted by molar-refractivity contribution is 6.30. The molecule has 2 aromatic heterocycles. The van der Waals surface area contributed by atoms with Crippen LogP contribution in [0.2, 0.25) is 5.02 Å². The van der Waals surface area contributed by atoms with Gasteiger partial charge in [0.05, 0.1) is 17.6 Å². The van der Waals surface area contributed by atoms with Gasteiger partial charge in [-0.3, -0.25) is 19.1 Å². The molecule has 3 amide bonds. The van der Waals surface area contributed by atoms with Crippen molar-refractivity contribution in [3.05, 3.63) is 70.9 Å². The molecule has 1 saturated carbocycles. The molecule has 13 heteroatoms. The third-order valence-corrected chi connectivity index (χ3v) is 8.33. The molecule has 3 heterocycles. The minimum atomic E-state index is -0.736. The van der Waals surface area contributed by atoms with Gasteiger partial charge in [-0.05, 0) is 48.9 Å². The van der Waals surface area contributed by atoms with Gasteiger partial charge in [0.1, 0.15) is 18.4 Å². The molecule has 2 bridgehead atoms. The molecular weight excluding hydrogens is 565 g/mol. The van der Waals surface area contributed by atoms with E-state index in [0.717, 1.165) is 24.8 Å². The van der Waals surface area contributed by atoms with E-state index in [0.29, 0.717) is 16.5 Å². The number of amides is 3. The summed E-state index contributed by atoms with van der Waals surface area (Å²) in [6, 6.07) is 9.37. The van der Waals surface area contributed by atoms with Crippen LogP contribution in [0.5, 0.6) is 6.01 Å². The summed E-state index contributed by atoms with van der Waals surface area (Å²) in [5, 5.41) is 7.62. The first-order valence-corrected chi connectivity index (χ1v) is 13.8. The van der Waals surface area contributed by atoms with Crippen LogP contribution in [0.1, 0.15) is 35.3 Å². The molecule has 3 atom stereocenters. The van der Waals surface area contributed by atoms with Crippen molar-refractivity contribution in [1.29, 1.82) is 0 Å². The van der Waals surface area contributed by atoms with Crippen molar-refractivity contribution in [2.75, 3.05) is 7.11 Å². The molecule has 11 nitrogen and oxygen atoms in total. The number of hydrogen-bond donors (Lipinski definition) is 2. The number of methoxy groups -OCH3 is 1. The molecule has 0 unspecified atom stereocenters. The number of benzene rings is 2. The first-order chi connectivity index (χ1) is 20.2. The van der Waals surface area contributed by atoms with Crippen LogP contribution < -0.4 is 15.8 Å². The average Bonchev–Trinajstić information content (AvgIpc) is 3.71. The van der Waals surface area contributed by atoms with Gasteiger partial charge in [0.15, 0.2) is 5.69 Å². The summed E-state index contributed by atoms with van der Waals surface area (Å²) in [7, 11) is 1.47. The second-order valence-electron chi connectivity index (χ2n) is 10.5. The summed E-state index contributed by atoms with van der Waals surface area (Å²) in [6.45, 7) is -0.237. The van der Waals surface area contributed by atoms with Crippen molar-refractivity contribution < 1.29 is 23.5 Å². The minimum Gasteiger partial charge on any atom is -0.467 e. The van der Waals surface area contributed by atoms with Crippen molar-refractivity contribution in [2.24, 2.45) is 11.7 Å². The number of nitrogens with two attached hydrogens (primary N) is 1. The Kier molecular flexibility index (Phi) is 7.23. The molecule has 4 aromatic rings. The number of ether oxygens (including phenoxy) is 1. The highest BCUT2D eigenvalue weighted by atomic mass is 35.5. The summed E-state index contributed by atoms with van der Waals surface area (Å²) in [5.74, 6) is -1.96. The van der Waals surface area contributed by atoms with Crippen LogP contribution in [0.4, 0.5) is 4.39 Å². The highest BCUT2D eigenvalue weighted by Gasteiger charge is 2.51. The second kappa shape index (κ2) is 11.0. The Morgan fingerprint density at radius 3 is 2.67 bits per heavy atom. The Labute approximate surface area is 244 Å². The fraction of sp³-hybridized carbons (Fsp3) is 0.310. The maximum atomic E-state index is 14.4. The van der Waals surface area contributed by atoms with Gasteiger partial charge in [0, 0.05) is 41.5 Å². The number of halogens is 2. The smallest absolute Gasteiger partial charge is 0.316 e. The molecular formula is C29H27ClFN7O4. The van der Waals surface area contributed by atoms with Gasteiger partial charge in [-0.1, -0.05) is 29.8 Å². The Bertz CT molecular complexity index is 1710. The molecule has 2 fully saturated rings. The predicted octanol–water partition coefficient (Wildman–Crippen LogP) is 3.09. The predicted molar refractivity (Wildman–Crippen MR) is 151 cm³/mol. The van der Waals surface area contributed by atoms with Crippen molar-refractivity contribution in [3.63, 3.8) is 0 Å². The van der Waals surface area contributed by atoms with E-state index in [-0.39, 0.29) is 59.2 Å². The van der Waals surface area contributed by atoms with E-state index in [1.807, 2.05) is 6.07 Å². The molecule has 6 rings (SSSR count). The molecule has 1 saturated heterocycles. The molecule has 0 radical (unpaired) electrons. The van der Waals surface area contributed by atoms with Crippen molar-refractivity contribution in [3.8, 4) is 17.1 Å². The zero-order chi connectivity index (χ0) is 29.5. The average molecular weight is 592 g/mol. The van der Waals surface area contributed by atoms with Gasteiger partial charge in [-0.2, -0.15) is 5.10 Å². The maximum absolute atomic E-state index is 14.4. The Hall–Kier alpha value is -4.58. The largest absolute Gasteiger partial charge is 0.467 e. The van der Waals surface area contributed by atoms with Crippen LogP contribution >= 0.6 is 11.6 Å². The molecule has 0 spiro atoms. The monoisotopic (exact) mass is 591 g/mol. The number of likely N-dealkylation sites (tertiary alicyclic amines) is 1. The number of fused-ring (bicyclic) bond motifs is 3. The fourth-order valence-corrected chi connectivity index (χ4v) is 6.29. The normalized spacial score (nSPS) is 19.3. The van der Waals surface area contributed by atoms with Crippen LogP contribution in [0.25, 0.3) is 22.0 Å². The third kappa shape index (κ3) is 4.91. The van der Waals surface area contributed by atoms with Crippen LogP contribution in [0, 0.1) is 11.7 Å². The number of carbonyl (C=O) groups is 3. The van der Waals surface area contributed by atoms with Crippen LogP contribution in [0.15, 0.2) is 48.8 Å². The number of primary amides is 1. The van der Waals surface area contributed by atoms with Crippen molar-refractivity contribution in [1.82, 2.24) is 30.0 Å². The molecule has 1 aliphatic heterocycles. The number of carbonyl (C=O) groups excluding carboxylic acids is 3. The van der Waals surface area contributed by atoms with Gasteiger partial charge in [0.25, 0.3) is 5.91 Å². The Morgan fingerprint density at radius 1 is 1.14 bits per heavy atom. The lowest BCUT2D eigenvalue weighted by atomic mass is 9.97. The summed E-state index contributed by atoms with van der Waals surface area (Å²) in [6.07, 6.45) is 5.53. The Morgan fingerprint density at radius 2 is 1.93 bits per heavy atom. The first kappa shape index (κ1) is 27.6. The Balaban J connectivity index is 1.24. The quantitative estimate of drug-likeness (QED) is 0.320. The van der Waals surface area contributed by atoms with E-state index in [1.165, 1.54) is 17.9 Å². The van der Waals surface area contributed by atoms with Crippen molar-refractivity contribution in [2.45, 2.75) is 44.4 Å². The molecule has 42 heavy (non-hydrogen) atoms. The zero-order valence-electron chi connectivity index (χ0n) is 22.6. The zero-order valence-corrected chi connectivity index (χ0v) is 23.3. The van der Waals surface area contributed by atoms with Crippen LogP contribution in [-0.2, 0) is 22.7 Å². The topological polar surface area (TPSA) is 145 Å². The highest BCUT2D eigenvalue weighted by Crippen LogP contribution is 2.43. The number of piperidine rings is 1. The number of nitrogens with zero attached hydrogens (tertiary/aromatic N) is 5. The van der Waals surface area contributed by atoms with Crippen LogP contribution in [0.3, 0.4) is 0 Å². The molecule has 3 N–H and O–H groups in total. The van der Waals surface area contributed by atoms with Gasteiger partial charge in [-0.25, -0.2) is 14.4 Å². The van der Waals surface area contributed by atoms with E-state index in [2.05, 4.69) is 20.4 Å². The molecule has 216 valence electrons. The third-order valence-electron chi connectivity index (χ3n) is 8.04. The number of hydrogen-bond acceptors (Lipinski definition) is 7. The lowest BCUT2D eigenvalue weighted by Gasteiger charge is -2.34. The first-order valence-electron chi connectivity index (χ1n) is 13.4. The fourth-order valence-electron chi connectivity index (χ4n) is 6.10. The molecule has 1 aliphatic carbocycles. The van der Waals surface area contributed by atoms with E-state index < -0.39 is 17.8 Å². The lowest BCUT2D eigenvalue weighted by molar-refractivity contribution is -0.143. The van der Waals surface area contributed by atoms with Gasteiger partial charge in [-0.15, -0.1) is 0 Å². The summed E-state index contributed by atoms with van der Waals surface area (Å²) < 4.78 is 20.8. The number of nitrogens with one attached hydrogen (secondary N) is 1. The van der Waals surface area contributed by atoms with E-state index in [1.54, 1.807) is 41.6 Å². The number of aromatic nitrogens is 4. The lowest BCUT2D eigenvalue weighted by Crippen LogP contribution is -2.53. The van der Waals surface area contributed by atoms with E-state index in [4.69, 9.17) is 22.1 Å². The SMILES string of the molecule is COc1ncc(-c2ccc3c(c2)c(C(N)=O)nn3CC(=O)N2[C@@H]3CC[C@@H](C3)[C@H]2C(=O)NCc2cccc(Cl)c2F)cn1. The van der Waals surface area contributed by atoms with Gasteiger partial charge in [0.2, 0.25) is 11.8 Å². The standard InChI is InChI=1S/C29H27ClFN7O4/c1-42-29-34-12-18(13-35-29)15-6-8-22-20(10-15)25(27(32)40)36-37(22)14-23(39)38-19-7-5-16(9-19)26(38)28(41)33-11-17-3-2-4-21(30)24(17)31/h2-4,6,8,10,12-13,16,19,26H,5,7,9,11,14H2,1H3,(H2,32,40)(H,33,41)/t16-,19+,26-/m0/s1. The number of rotatable bonds is 8. The minimum absolute atomic E-state index is 0.00739. The van der Waals surface area contributed by atoms with Crippen molar-refractivity contribution >= 4 is 40.2 Å². The maximum Gasteiger partial charge on any atom is 0.316 e. The molecule has 2 aromatic carbocycles. The van der Waals surface area contributed by atoms with Crippen LogP contribution in [-0.4, -0.2) is 61.6 Å². The van der Waals surface area contributed by atoms with Gasteiger partial charge >= 0.3 is 6.01 Å². The van der Waals surface area contributed by atoms with E-state index >= 15 is 0 Å². The second-order valence-corrected chi connectivity index (χ2v) is 10.9. The summed E-state index contributed by atoms with van der Waals surface area (Å²) in [5.41, 5.74) is 7.89. The summed E-state index contributed by atoms with van der Waals surface area (Å²) in [4.78, 5) is 49.2. The molecule has 2 aliphatic rings.